The minimum Gasteiger partial charge on any atom is -0.496 e. The number of alkyl halides is 3. The first-order valence-corrected chi connectivity index (χ1v) is 14.8. The van der Waals surface area contributed by atoms with Crippen molar-refractivity contribution in [2.75, 3.05) is 13.7 Å². The summed E-state index contributed by atoms with van der Waals surface area (Å²) in [4.78, 5) is 0.294. The summed E-state index contributed by atoms with van der Waals surface area (Å²) in [5.41, 5.74) is -0.0705. The van der Waals surface area contributed by atoms with Crippen LogP contribution >= 0.6 is 12.4 Å². The minimum atomic E-state index is -4.82. The van der Waals surface area contributed by atoms with Gasteiger partial charge in [0, 0.05) is 17.5 Å². The topological polar surface area (TPSA) is 73.9 Å². The molecule has 3 aromatic rings. The van der Waals surface area contributed by atoms with Crippen LogP contribution in [0.3, 0.4) is 0 Å². The molecule has 1 N–H and O–H groups in total. The van der Waals surface area contributed by atoms with Gasteiger partial charge < -0.3 is 19.5 Å². The Hall–Kier alpha value is -2.79. The van der Waals surface area contributed by atoms with Gasteiger partial charge in [0.15, 0.2) is 9.84 Å². The van der Waals surface area contributed by atoms with Gasteiger partial charge in [-0.2, -0.15) is 0 Å². The van der Waals surface area contributed by atoms with Gasteiger partial charge in [0.2, 0.25) is 0 Å². The smallest absolute Gasteiger partial charge is 0.496 e. The first kappa shape index (κ1) is 29.7. The predicted octanol–water partition coefficient (Wildman–Crippen LogP) is 6.15. The summed E-state index contributed by atoms with van der Waals surface area (Å²) >= 11 is 0. The number of nitrogens with one attached hydrogen (secondary N) is 1. The number of sulfone groups is 1. The Balaban J connectivity index is 0.00000337. The van der Waals surface area contributed by atoms with Gasteiger partial charge in [0.25, 0.3) is 0 Å². The fraction of sp³-hybridized carbons (Fsp3) is 0.400. The molecular formula is C30H31ClF3NO5S. The number of halogens is 4. The summed E-state index contributed by atoms with van der Waals surface area (Å²) in [5, 5.41) is 3.06. The van der Waals surface area contributed by atoms with Crippen LogP contribution in [0.5, 0.6) is 11.5 Å². The number of methoxy groups -OCH3 is 1. The number of benzene rings is 3. The Morgan fingerprint density at radius 2 is 1.66 bits per heavy atom. The van der Waals surface area contributed by atoms with Crippen LogP contribution in [0.1, 0.15) is 42.7 Å². The molecule has 2 bridgehead atoms. The summed E-state index contributed by atoms with van der Waals surface area (Å²) in [6, 6.07) is 22.1. The molecule has 0 saturated carbocycles. The molecule has 3 fully saturated rings. The Bertz CT molecular complexity index is 1490. The van der Waals surface area contributed by atoms with E-state index in [0.29, 0.717) is 41.9 Å². The second kappa shape index (κ2) is 10.8. The molecule has 3 saturated heterocycles. The fourth-order valence-electron chi connectivity index (χ4n) is 7.06. The quantitative estimate of drug-likeness (QED) is 0.361. The van der Waals surface area contributed by atoms with Crippen molar-refractivity contribution in [1.82, 2.24) is 5.32 Å². The molecule has 0 amide bonds. The zero-order valence-corrected chi connectivity index (χ0v) is 23.9. The highest BCUT2D eigenvalue weighted by Crippen LogP contribution is 2.59. The van der Waals surface area contributed by atoms with Crippen LogP contribution in [0.2, 0.25) is 0 Å². The Morgan fingerprint density at radius 3 is 2.32 bits per heavy atom. The van der Waals surface area contributed by atoms with E-state index >= 15 is 0 Å². The second-order valence-corrected chi connectivity index (χ2v) is 13.0. The van der Waals surface area contributed by atoms with Gasteiger partial charge in [-0.3, -0.25) is 0 Å². The Morgan fingerprint density at radius 1 is 0.976 bits per heavy atom. The molecule has 6 nitrogen and oxygen atoms in total. The van der Waals surface area contributed by atoms with Crippen LogP contribution < -0.4 is 14.8 Å². The van der Waals surface area contributed by atoms with E-state index in [1.807, 2.05) is 30.3 Å². The summed E-state index contributed by atoms with van der Waals surface area (Å²) in [6.45, 7) is 0.253. The molecule has 3 aliphatic rings. The third-order valence-electron chi connectivity index (χ3n) is 8.77. The van der Waals surface area contributed by atoms with E-state index in [-0.39, 0.29) is 36.7 Å². The SMILES string of the molecule is COc1ccc(OC(F)(F)F)cc1[C@@H]1CO[C@]2(CC[C@@H]3N[C@@]2(c2ccccc2)C[C@H]3S(=O)(=O)c2ccccc2)C1.Cl. The molecule has 1 spiro atoms. The number of rotatable bonds is 6. The first-order chi connectivity index (χ1) is 19.1. The van der Waals surface area contributed by atoms with E-state index in [0.717, 1.165) is 5.56 Å². The highest BCUT2D eigenvalue weighted by Gasteiger charge is 2.66. The summed E-state index contributed by atoms with van der Waals surface area (Å²) in [7, 11) is -2.17. The normalized spacial score (nSPS) is 29.2. The largest absolute Gasteiger partial charge is 0.573 e. The molecule has 220 valence electrons. The van der Waals surface area contributed by atoms with E-state index in [1.165, 1.54) is 25.3 Å². The zero-order valence-electron chi connectivity index (χ0n) is 22.3. The van der Waals surface area contributed by atoms with Gasteiger partial charge >= 0.3 is 6.36 Å². The summed E-state index contributed by atoms with van der Waals surface area (Å²) < 4.78 is 83.1. The number of hydrogen-bond donors (Lipinski definition) is 1. The van der Waals surface area contributed by atoms with Gasteiger partial charge in [0.05, 0.1) is 35.0 Å². The van der Waals surface area contributed by atoms with Crippen molar-refractivity contribution < 1.29 is 35.8 Å². The van der Waals surface area contributed by atoms with Crippen molar-refractivity contribution >= 4 is 22.2 Å². The first-order valence-electron chi connectivity index (χ1n) is 13.3. The molecule has 5 atom stereocenters. The highest BCUT2D eigenvalue weighted by molar-refractivity contribution is 7.92. The molecule has 0 radical (unpaired) electrons. The standard InChI is InChI=1S/C30H30F3NO5S.ClH/c1-37-26-13-12-22(39-30(31,32)33)16-24(26)20-17-28(38-19-20)15-14-25-27(40(35,36)23-10-6-3-7-11-23)18-29(28,34-25)21-8-4-2-5-9-21;/h2-13,16,20,25,27,34H,14-15,17-19H2,1H3;1H/t20-,25-,27+,28+,29+;/m0./s1. The minimum absolute atomic E-state index is 0. The van der Waals surface area contributed by atoms with Crippen molar-refractivity contribution in [2.45, 2.75) is 65.3 Å². The molecule has 6 rings (SSSR count). The summed E-state index contributed by atoms with van der Waals surface area (Å²) in [6.07, 6.45) is -2.82. The number of ether oxygens (including phenoxy) is 3. The molecule has 3 heterocycles. The van der Waals surface area contributed by atoms with Crippen LogP contribution in [0, 0.1) is 0 Å². The molecular weight excluding hydrogens is 579 g/mol. The average Bonchev–Trinajstić information content (AvgIpc) is 3.53. The van der Waals surface area contributed by atoms with Crippen LogP contribution in [0.15, 0.2) is 83.8 Å². The van der Waals surface area contributed by atoms with E-state index in [2.05, 4.69) is 10.1 Å². The number of fused-ring (bicyclic) bond motifs is 3. The third-order valence-corrected chi connectivity index (χ3v) is 11.0. The lowest BCUT2D eigenvalue weighted by Crippen LogP contribution is -2.62. The highest BCUT2D eigenvalue weighted by atomic mass is 35.5. The van der Waals surface area contributed by atoms with Crippen molar-refractivity contribution in [1.29, 1.82) is 0 Å². The van der Waals surface area contributed by atoms with Crippen molar-refractivity contribution in [2.24, 2.45) is 0 Å². The van der Waals surface area contributed by atoms with E-state index < -0.39 is 32.6 Å². The maximum absolute atomic E-state index is 13.9. The van der Waals surface area contributed by atoms with Gasteiger partial charge in [-0.05, 0) is 61.6 Å². The maximum atomic E-state index is 13.9. The van der Waals surface area contributed by atoms with Gasteiger partial charge in [0.1, 0.15) is 11.5 Å². The molecule has 3 aromatic carbocycles. The Kier molecular flexibility index (Phi) is 7.82. The molecule has 41 heavy (non-hydrogen) atoms. The zero-order chi connectivity index (χ0) is 28.2. The van der Waals surface area contributed by atoms with E-state index in [1.54, 1.807) is 30.3 Å². The van der Waals surface area contributed by atoms with Gasteiger partial charge in [-0.25, -0.2) is 8.42 Å². The molecule has 0 unspecified atom stereocenters. The van der Waals surface area contributed by atoms with E-state index in [9.17, 15) is 21.6 Å². The fourth-order valence-corrected chi connectivity index (χ4v) is 9.06. The van der Waals surface area contributed by atoms with Crippen molar-refractivity contribution in [3.63, 3.8) is 0 Å². The summed E-state index contributed by atoms with van der Waals surface area (Å²) in [5.74, 6) is -0.152. The van der Waals surface area contributed by atoms with Crippen LogP contribution in [-0.4, -0.2) is 45.4 Å². The molecule has 3 aliphatic heterocycles. The third kappa shape index (κ3) is 5.09. The van der Waals surface area contributed by atoms with Crippen molar-refractivity contribution in [3.8, 4) is 11.5 Å². The average molecular weight is 610 g/mol. The molecule has 0 aromatic heterocycles. The maximum Gasteiger partial charge on any atom is 0.573 e. The van der Waals surface area contributed by atoms with Gasteiger partial charge in [-0.15, -0.1) is 25.6 Å². The number of hydrogen-bond acceptors (Lipinski definition) is 6. The number of piperidine rings is 1. The van der Waals surface area contributed by atoms with Crippen LogP contribution in [-0.2, 0) is 20.1 Å². The molecule has 11 heteroatoms. The lowest BCUT2D eigenvalue weighted by molar-refractivity contribution is -0.274. The van der Waals surface area contributed by atoms with Crippen LogP contribution in [0.4, 0.5) is 13.2 Å². The Labute approximate surface area is 243 Å². The van der Waals surface area contributed by atoms with Crippen LogP contribution in [0.25, 0.3) is 0 Å². The second-order valence-electron chi connectivity index (χ2n) is 10.8. The lowest BCUT2D eigenvalue weighted by atomic mass is 9.67. The van der Waals surface area contributed by atoms with Gasteiger partial charge in [-0.1, -0.05) is 48.5 Å². The van der Waals surface area contributed by atoms with E-state index in [4.69, 9.17) is 9.47 Å². The predicted molar refractivity (Wildman–Crippen MR) is 149 cm³/mol. The molecule has 0 aliphatic carbocycles. The lowest BCUT2D eigenvalue weighted by Gasteiger charge is -2.50. The monoisotopic (exact) mass is 609 g/mol. The van der Waals surface area contributed by atoms with Crippen molar-refractivity contribution in [3.05, 3.63) is 90.0 Å².